The van der Waals surface area contributed by atoms with Crippen LogP contribution in [0.1, 0.15) is 24.4 Å². The molecule has 1 unspecified atom stereocenters. The Labute approximate surface area is 106 Å². The van der Waals surface area contributed by atoms with Gasteiger partial charge in [-0.3, -0.25) is 0 Å². The van der Waals surface area contributed by atoms with Gasteiger partial charge in [-0.2, -0.15) is 0 Å². The highest BCUT2D eigenvalue weighted by Gasteiger charge is 2.09. The van der Waals surface area contributed by atoms with Crippen molar-refractivity contribution in [3.05, 3.63) is 42.0 Å². The van der Waals surface area contributed by atoms with Crippen LogP contribution in [-0.2, 0) is 13.5 Å². The van der Waals surface area contributed by atoms with E-state index in [-0.39, 0.29) is 6.04 Å². The molecule has 0 aliphatic carbocycles. The van der Waals surface area contributed by atoms with Gasteiger partial charge in [-0.05, 0) is 13.0 Å². The summed E-state index contributed by atoms with van der Waals surface area (Å²) in [6.07, 6.45) is 2.51. The Balaban J connectivity index is 1.87. The molecular weight excluding hydrogens is 228 g/mol. The summed E-state index contributed by atoms with van der Waals surface area (Å²) in [4.78, 5) is 0. The molecule has 96 valence electrons. The number of phenolic OH excluding ortho intramolecular Hbond substituents is 1. The predicted molar refractivity (Wildman–Crippen MR) is 69.2 cm³/mol. The van der Waals surface area contributed by atoms with Crippen molar-refractivity contribution in [3.63, 3.8) is 0 Å². The zero-order valence-corrected chi connectivity index (χ0v) is 10.7. The number of aromatic hydroxyl groups is 1. The second-order valence-corrected chi connectivity index (χ2v) is 4.34. The van der Waals surface area contributed by atoms with Crippen molar-refractivity contribution in [2.24, 2.45) is 7.05 Å². The first kappa shape index (κ1) is 12.6. The molecule has 1 atom stereocenters. The van der Waals surface area contributed by atoms with Crippen molar-refractivity contribution in [1.82, 2.24) is 20.1 Å². The number of nitrogens with one attached hydrogen (secondary N) is 1. The lowest BCUT2D eigenvalue weighted by molar-refractivity contribution is 0.452. The van der Waals surface area contributed by atoms with Crippen LogP contribution in [0.4, 0.5) is 0 Å². The molecular formula is C13H18N4O. The molecule has 0 amide bonds. The molecule has 0 bridgehead atoms. The molecule has 0 aliphatic rings. The first-order chi connectivity index (χ1) is 8.68. The van der Waals surface area contributed by atoms with E-state index in [1.54, 1.807) is 12.4 Å². The molecule has 1 aromatic heterocycles. The summed E-state index contributed by atoms with van der Waals surface area (Å²) in [5.74, 6) is 1.28. The molecule has 2 N–H and O–H groups in total. The van der Waals surface area contributed by atoms with E-state index in [1.165, 1.54) is 0 Å². The number of aromatic nitrogens is 3. The smallest absolute Gasteiger partial charge is 0.133 e. The molecule has 5 heteroatoms. The Hall–Kier alpha value is -1.88. The van der Waals surface area contributed by atoms with Gasteiger partial charge >= 0.3 is 0 Å². The van der Waals surface area contributed by atoms with Crippen molar-refractivity contribution in [1.29, 1.82) is 0 Å². The summed E-state index contributed by atoms with van der Waals surface area (Å²) in [6.45, 7) is 2.83. The van der Waals surface area contributed by atoms with Gasteiger partial charge < -0.3 is 15.0 Å². The van der Waals surface area contributed by atoms with E-state index in [9.17, 15) is 5.11 Å². The van der Waals surface area contributed by atoms with E-state index in [1.807, 2.05) is 36.7 Å². The molecule has 0 saturated heterocycles. The van der Waals surface area contributed by atoms with Gasteiger partial charge in [0.2, 0.25) is 0 Å². The van der Waals surface area contributed by atoms with Gasteiger partial charge in [-0.25, -0.2) is 0 Å². The quantitative estimate of drug-likeness (QED) is 0.837. The Morgan fingerprint density at radius 2 is 2.17 bits per heavy atom. The number of aryl methyl sites for hydroxylation is 1. The van der Waals surface area contributed by atoms with Gasteiger partial charge in [0.25, 0.3) is 0 Å². The molecule has 5 nitrogen and oxygen atoms in total. The van der Waals surface area contributed by atoms with Crippen molar-refractivity contribution in [2.45, 2.75) is 19.4 Å². The highest BCUT2D eigenvalue weighted by atomic mass is 16.3. The van der Waals surface area contributed by atoms with Gasteiger partial charge in [0, 0.05) is 31.6 Å². The van der Waals surface area contributed by atoms with Crippen LogP contribution in [0.3, 0.4) is 0 Å². The second kappa shape index (κ2) is 5.64. The van der Waals surface area contributed by atoms with Gasteiger partial charge in [0.05, 0.1) is 0 Å². The van der Waals surface area contributed by atoms with Crippen LogP contribution in [0.25, 0.3) is 0 Å². The predicted octanol–water partition coefficient (Wildman–Crippen LogP) is 1.41. The van der Waals surface area contributed by atoms with E-state index in [0.717, 1.165) is 24.4 Å². The molecule has 0 saturated carbocycles. The Bertz CT molecular complexity index is 509. The van der Waals surface area contributed by atoms with Crippen LogP contribution in [0.15, 0.2) is 30.6 Å². The van der Waals surface area contributed by atoms with E-state index in [0.29, 0.717) is 5.75 Å². The maximum atomic E-state index is 9.74. The lowest BCUT2D eigenvalue weighted by Crippen LogP contribution is -2.22. The monoisotopic (exact) mass is 246 g/mol. The number of phenols is 1. The van der Waals surface area contributed by atoms with Crippen molar-refractivity contribution < 1.29 is 5.11 Å². The molecule has 1 heterocycles. The first-order valence-electron chi connectivity index (χ1n) is 6.02. The highest BCUT2D eigenvalue weighted by molar-refractivity contribution is 5.34. The third-order valence-electron chi connectivity index (χ3n) is 3.01. The molecule has 0 aliphatic heterocycles. The second-order valence-electron chi connectivity index (χ2n) is 4.34. The molecule has 2 rings (SSSR count). The fourth-order valence-corrected chi connectivity index (χ4v) is 1.90. The minimum Gasteiger partial charge on any atom is -0.508 e. The van der Waals surface area contributed by atoms with E-state index >= 15 is 0 Å². The summed E-state index contributed by atoms with van der Waals surface area (Å²) < 4.78 is 1.91. The number of benzene rings is 1. The summed E-state index contributed by atoms with van der Waals surface area (Å²) in [5.41, 5.74) is 0.912. The van der Waals surface area contributed by atoms with E-state index < -0.39 is 0 Å². The molecule has 1 aromatic carbocycles. The van der Waals surface area contributed by atoms with Crippen LogP contribution in [0.2, 0.25) is 0 Å². The third-order valence-corrected chi connectivity index (χ3v) is 3.01. The molecule has 2 aromatic rings. The van der Waals surface area contributed by atoms with Crippen LogP contribution >= 0.6 is 0 Å². The van der Waals surface area contributed by atoms with Crippen LogP contribution < -0.4 is 5.32 Å². The summed E-state index contributed by atoms with van der Waals surface area (Å²) in [7, 11) is 1.93. The number of hydrogen-bond donors (Lipinski definition) is 2. The highest BCUT2D eigenvalue weighted by Crippen LogP contribution is 2.22. The van der Waals surface area contributed by atoms with Crippen LogP contribution in [-0.4, -0.2) is 26.4 Å². The van der Waals surface area contributed by atoms with Crippen molar-refractivity contribution in [2.75, 3.05) is 6.54 Å². The Morgan fingerprint density at radius 3 is 2.83 bits per heavy atom. The lowest BCUT2D eigenvalue weighted by atomic mass is 10.1. The van der Waals surface area contributed by atoms with Crippen LogP contribution in [0.5, 0.6) is 5.75 Å². The molecule has 0 spiro atoms. The number of rotatable bonds is 5. The minimum absolute atomic E-state index is 0.111. The number of para-hydroxylation sites is 1. The summed E-state index contributed by atoms with van der Waals surface area (Å²) >= 11 is 0. The standard InChI is InChI=1S/C13H18N4O/c1-10(11-5-3-4-6-12(11)18)14-8-7-13-16-15-9-17(13)2/h3-6,9-10,14,18H,7-8H2,1-2H3. The molecule has 0 radical (unpaired) electrons. The topological polar surface area (TPSA) is 63.0 Å². The fourth-order valence-electron chi connectivity index (χ4n) is 1.90. The van der Waals surface area contributed by atoms with Gasteiger partial charge in [-0.1, -0.05) is 18.2 Å². The average molecular weight is 246 g/mol. The average Bonchev–Trinajstić information content (AvgIpc) is 2.75. The zero-order chi connectivity index (χ0) is 13.0. The van der Waals surface area contributed by atoms with Gasteiger partial charge in [-0.15, -0.1) is 10.2 Å². The van der Waals surface area contributed by atoms with Gasteiger partial charge in [0.15, 0.2) is 0 Å². The van der Waals surface area contributed by atoms with Gasteiger partial charge in [0.1, 0.15) is 17.9 Å². The molecule has 18 heavy (non-hydrogen) atoms. The fraction of sp³-hybridized carbons (Fsp3) is 0.385. The maximum Gasteiger partial charge on any atom is 0.133 e. The largest absolute Gasteiger partial charge is 0.508 e. The van der Waals surface area contributed by atoms with E-state index in [2.05, 4.69) is 15.5 Å². The Kier molecular flexibility index (Phi) is 3.94. The first-order valence-corrected chi connectivity index (χ1v) is 6.02. The number of hydrogen-bond acceptors (Lipinski definition) is 4. The normalized spacial score (nSPS) is 12.6. The SMILES string of the molecule is CC(NCCc1nncn1C)c1ccccc1O. The van der Waals surface area contributed by atoms with Crippen LogP contribution in [0, 0.1) is 0 Å². The summed E-state index contributed by atoms with van der Waals surface area (Å²) in [6, 6.07) is 7.49. The van der Waals surface area contributed by atoms with Crippen molar-refractivity contribution >= 4 is 0 Å². The number of nitrogens with zero attached hydrogens (tertiary/aromatic N) is 3. The van der Waals surface area contributed by atoms with E-state index in [4.69, 9.17) is 0 Å². The summed E-state index contributed by atoms with van der Waals surface area (Å²) in [5, 5.41) is 21.0. The third kappa shape index (κ3) is 2.87. The van der Waals surface area contributed by atoms with Crippen molar-refractivity contribution in [3.8, 4) is 5.75 Å². The minimum atomic E-state index is 0.111. The zero-order valence-electron chi connectivity index (χ0n) is 10.7. The molecule has 0 fully saturated rings. The maximum absolute atomic E-state index is 9.74. The Morgan fingerprint density at radius 1 is 1.39 bits per heavy atom. The lowest BCUT2D eigenvalue weighted by Gasteiger charge is -2.15.